The summed E-state index contributed by atoms with van der Waals surface area (Å²) in [6.45, 7) is 17.2. The van der Waals surface area contributed by atoms with Gasteiger partial charge in [0, 0.05) is 16.9 Å². The zero-order chi connectivity index (χ0) is 15.3. The van der Waals surface area contributed by atoms with Crippen LogP contribution in [0.15, 0.2) is 23.9 Å². The quantitative estimate of drug-likeness (QED) is 0.743. The number of allylic oxidation sites excluding steroid dienone is 2. The number of rotatable bonds is 2. The Morgan fingerprint density at radius 2 is 1.35 bits per heavy atom. The number of fused-ring (bicyclic) bond motifs is 1. The van der Waals surface area contributed by atoms with Crippen LogP contribution in [0.1, 0.15) is 55.4 Å². The number of hydrogen-bond acceptors (Lipinski definition) is 4. The zero-order valence-electron chi connectivity index (χ0n) is 13.9. The molecular formula is C15H28N2O2P+. The molecule has 0 aromatic rings. The molecule has 0 radical (unpaired) electrons. The summed E-state index contributed by atoms with van der Waals surface area (Å²) in [5.41, 5.74) is -0.0375. The Hall–Kier alpha value is -0.730. The van der Waals surface area contributed by atoms with E-state index in [9.17, 15) is 0 Å². The molecule has 2 aliphatic rings. The van der Waals surface area contributed by atoms with Gasteiger partial charge in [-0.3, -0.25) is 9.05 Å². The average molecular weight is 299 g/mol. The molecule has 0 amide bonds. The highest BCUT2D eigenvalue weighted by atomic mass is 31.2. The summed E-state index contributed by atoms with van der Waals surface area (Å²) in [5, 5.41) is 3.51. The molecule has 20 heavy (non-hydrogen) atoms. The van der Waals surface area contributed by atoms with Crippen molar-refractivity contribution in [3.05, 3.63) is 23.9 Å². The van der Waals surface area contributed by atoms with Crippen molar-refractivity contribution in [1.82, 2.24) is 9.76 Å². The highest BCUT2D eigenvalue weighted by Crippen LogP contribution is 2.73. The molecule has 0 fully saturated rings. The summed E-state index contributed by atoms with van der Waals surface area (Å²) in [7, 11) is -2.27. The van der Waals surface area contributed by atoms with Gasteiger partial charge >= 0.3 is 8.02 Å². The monoisotopic (exact) mass is 299 g/mol. The van der Waals surface area contributed by atoms with Crippen LogP contribution in [0.25, 0.3) is 0 Å². The molecule has 2 aliphatic heterocycles. The Balaban J connectivity index is 2.34. The third-order valence-corrected chi connectivity index (χ3v) is 5.72. The van der Waals surface area contributed by atoms with Crippen LogP contribution in [0.5, 0.6) is 0 Å². The van der Waals surface area contributed by atoms with Gasteiger partial charge in [0.1, 0.15) is 0 Å². The van der Waals surface area contributed by atoms with Crippen molar-refractivity contribution in [3.63, 3.8) is 0 Å². The van der Waals surface area contributed by atoms with Crippen LogP contribution < -0.4 is 5.09 Å². The first kappa shape index (κ1) is 15.7. The van der Waals surface area contributed by atoms with Gasteiger partial charge in [0.25, 0.3) is 0 Å². The van der Waals surface area contributed by atoms with Gasteiger partial charge in [-0.25, -0.2) is 0 Å². The minimum absolute atomic E-state index is 0.0188. The summed E-state index contributed by atoms with van der Waals surface area (Å²) in [6, 6.07) is 0.297. The first-order valence-corrected chi connectivity index (χ1v) is 8.81. The Morgan fingerprint density at radius 3 is 1.65 bits per heavy atom. The third kappa shape index (κ3) is 2.82. The maximum absolute atomic E-state index is 6.29. The zero-order valence-corrected chi connectivity index (χ0v) is 14.8. The Bertz CT molecular complexity index is 421. The van der Waals surface area contributed by atoms with E-state index in [1.807, 2.05) is 0 Å². The lowest BCUT2D eigenvalue weighted by Gasteiger charge is -2.25. The van der Waals surface area contributed by atoms with Crippen LogP contribution in [0.3, 0.4) is 0 Å². The van der Waals surface area contributed by atoms with Crippen molar-refractivity contribution >= 4 is 8.02 Å². The summed E-state index contributed by atoms with van der Waals surface area (Å²) in [4.78, 5) is 0. The van der Waals surface area contributed by atoms with E-state index >= 15 is 0 Å². The molecule has 0 spiro atoms. The van der Waals surface area contributed by atoms with Crippen LogP contribution in [-0.4, -0.2) is 10.7 Å². The van der Waals surface area contributed by atoms with Crippen molar-refractivity contribution in [2.45, 2.75) is 61.4 Å². The van der Waals surface area contributed by atoms with Crippen LogP contribution in [0, 0.1) is 10.8 Å². The van der Waals surface area contributed by atoms with E-state index in [0.29, 0.717) is 6.04 Å². The highest BCUT2D eigenvalue weighted by Gasteiger charge is 2.63. The molecule has 5 heteroatoms. The van der Waals surface area contributed by atoms with E-state index in [-0.39, 0.29) is 10.8 Å². The second-order valence-electron chi connectivity index (χ2n) is 7.85. The smallest absolute Gasteiger partial charge is 0.271 e. The van der Waals surface area contributed by atoms with Crippen molar-refractivity contribution in [2.75, 3.05) is 0 Å². The third-order valence-electron chi connectivity index (χ3n) is 3.15. The topological polar surface area (TPSA) is 33.7 Å². The molecule has 0 saturated heterocycles. The Morgan fingerprint density at radius 1 is 0.950 bits per heavy atom. The van der Waals surface area contributed by atoms with Crippen LogP contribution in [0.4, 0.5) is 0 Å². The number of nitrogens with zero attached hydrogens (tertiary/aromatic N) is 1. The van der Waals surface area contributed by atoms with Gasteiger partial charge in [-0.15, -0.1) is 9.76 Å². The van der Waals surface area contributed by atoms with Crippen molar-refractivity contribution < 1.29 is 9.05 Å². The fraction of sp³-hybridized carbons (Fsp3) is 0.733. The molecule has 0 bridgehead atoms. The maximum Gasteiger partial charge on any atom is 0.551 e. The van der Waals surface area contributed by atoms with E-state index in [2.05, 4.69) is 77.5 Å². The maximum atomic E-state index is 6.29. The van der Waals surface area contributed by atoms with E-state index < -0.39 is 8.02 Å². The van der Waals surface area contributed by atoms with E-state index in [1.165, 1.54) is 0 Å². The average Bonchev–Trinajstić information content (AvgIpc) is 2.66. The lowest BCUT2D eigenvalue weighted by atomic mass is 9.94. The second-order valence-corrected chi connectivity index (χ2v) is 9.98. The molecule has 0 aliphatic carbocycles. The van der Waals surface area contributed by atoms with Gasteiger partial charge in [0.15, 0.2) is 11.5 Å². The fourth-order valence-electron chi connectivity index (χ4n) is 1.96. The molecule has 2 rings (SSSR count). The lowest BCUT2D eigenvalue weighted by Crippen LogP contribution is -2.29. The summed E-state index contributed by atoms with van der Waals surface area (Å²) >= 11 is 0. The minimum atomic E-state index is -2.27. The van der Waals surface area contributed by atoms with Gasteiger partial charge < -0.3 is 0 Å². The SMILES string of the molecule is CC(C)N[P+]12OC(C(C)(C)C)=CN1C=C(C(C)(C)C)O2. The molecule has 0 unspecified atom stereocenters. The standard InChI is InChI=1S/C15H28N2O2P/c1-11(2)16-20-17(9-12(18-20)14(3,4)5)10-13(19-20)15(6,7)8/h9-11,16H,1-8H3/q+1. The van der Waals surface area contributed by atoms with Gasteiger partial charge in [0.05, 0.1) is 12.4 Å². The van der Waals surface area contributed by atoms with Crippen LogP contribution in [0.2, 0.25) is 0 Å². The van der Waals surface area contributed by atoms with E-state index in [4.69, 9.17) is 9.05 Å². The number of hydrogen-bond donors (Lipinski definition) is 1. The molecule has 4 nitrogen and oxygen atoms in total. The first-order chi connectivity index (χ1) is 8.94. The first-order valence-electron chi connectivity index (χ1n) is 7.23. The minimum Gasteiger partial charge on any atom is -0.271 e. The molecule has 0 saturated carbocycles. The molecule has 0 aromatic carbocycles. The van der Waals surface area contributed by atoms with Gasteiger partial charge in [0.2, 0.25) is 0 Å². The fourth-order valence-corrected chi connectivity index (χ4v) is 4.77. The molecule has 0 aromatic heterocycles. The number of nitrogens with one attached hydrogen (secondary N) is 1. The van der Waals surface area contributed by atoms with Crippen LogP contribution >= 0.6 is 8.02 Å². The van der Waals surface area contributed by atoms with E-state index in [1.54, 1.807) is 0 Å². The van der Waals surface area contributed by atoms with Gasteiger partial charge in [-0.1, -0.05) is 41.5 Å². The van der Waals surface area contributed by atoms with Gasteiger partial charge in [-0.05, 0) is 13.8 Å². The largest absolute Gasteiger partial charge is 0.551 e. The normalized spacial score (nSPS) is 21.4. The second kappa shape index (κ2) is 4.64. The Kier molecular flexibility index (Phi) is 3.63. The molecular weight excluding hydrogens is 271 g/mol. The lowest BCUT2D eigenvalue weighted by molar-refractivity contribution is 0.235. The molecule has 0 atom stereocenters. The summed E-state index contributed by atoms with van der Waals surface area (Å²) in [5.74, 6) is 1.95. The molecule has 114 valence electrons. The molecule has 2 heterocycles. The Labute approximate surface area is 123 Å². The van der Waals surface area contributed by atoms with Crippen molar-refractivity contribution in [1.29, 1.82) is 0 Å². The van der Waals surface area contributed by atoms with Gasteiger partial charge in [-0.2, -0.15) is 0 Å². The summed E-state index contributed by atoms with van der Waals surface area (Å²) in [6.07, 6.45) is 4.17. The van der Waals surface area contributed by atoms with Crippen molar-refractivity contribution in [3.8, 4) is 0 Å². The predicted octanol–water partition coefficient (Wildman–Crippen LogP) is 4.80. The van der Waals surface area contributed by atoms with Crippen LogP contribution in [-0.2, 0) is 9.05 Å². The van der Waals surface area contributed by atoms with Crippen molar-refractivity contribution in [2.24, 2.45) is 10.8 Å². The highest BCUT2D eigenvalue weighted by molar-refractivity contribution is 7.63. The summed E-state index contributed by atoms with van der Waals surface area (Å²) < 4.78 is 14.7. The molecule has 1 N–H and O–H groups in total. The van der Waals surface area contributed by atoms with E-state index in [0.717, 1.165) is 11.5 Å². The predicted molar refractivity (Wildman–Crippen MR) is 84.3 cm³/mol.